The molecule has 3 aromatic rings. The second-order valence-corrected chi connectivity index (χ2v) is 6.71. The molecule has 1 saturated heterocycles. The molecule has 0 unspecified atom stereocenters. The predicted molar refractivity (Wildman–Crippen MR) is 96.8 cm³/mol. The third kappa shape index (κ3) is 3.13. The molecule has 1 aliphatic rings. The highest BCUT2D eigenvalue weighted by Crippen LogP contribution is 2.30. The Morgan fingerprint density at radius 3 is 2.57 bits per heavy atom. The lowest BCUT2D eigenvalue weighted by Gasteiger charge is -2.27. The number of rotatable bonds is 3. The average Bonchev–Trinajstić information content (AvgIpc) is 3.14. The van der Waals surface area contributed by atoms with Crippen LogP contribution in [0.2, 0.25) is 0 Å². The Morgan fingerprint density at radius 1 is 0.913 bits per heavy atom. The Morgan fingerprint density at radius 2 is 1.74 bits per heavy atom. The van der Waals surface area contributed by atoms with E-state index in [1.807, 2.05) is 12.3 Å². The largest absolute Gasteiger partial charge is 0.357 e. The van der Waals surface area contributed by atoms with Crippen molar-refractivity contribution in [3.8, 4) is 21.8 Å². The summed E-state index contributed by atoms with van der Waals surface area (Å²) < 4.78 is 0. The second kappa shape index (κ2) is 6.50. The van der Waals surface area contributed by atoms with Gasteiger partial charge in [-0.3, -0.25) is 0 Å². The number of pyridine rings is 1. The monoisotopic (exact) mass is 321 g/mol. The van der Waals surface area contributed by atoms with E-state index in [2.05, 4.69) is 51.7 Å². The van der Waals surface area contributed by atoms with Crippen LogP contribution < -0.4 is 4.90 Å². The molecule has 4 heteroatoms. The SMILES string of the molecule is c1ccc(-c2csc(-c3ccnc(N4CCCCC4)c3)n2)cc1. The van der Waals surface area contributed by atoms with E-state index in [4.69, 9.17) is 4.98 Å². The standard InChI is InChI=1S/C19H19N3S/c1-3-7-15(8-4-1)17-14-23-19(21-17)16-9-10-20-18(13-16)22-11-5-2-6-12-22/h1,3-4,7-10,13-14H,2,5-6,11-12H2. The number of thiazole rings is 1. The van der Waals surface area contributed by atoms with E-state index in [0.717, 1.165) is 35.2 Å². The lowest BCUT2D eigenvalue weighted by atomic mass is 10.1. The third-order valence-electron chi connectivity index (χ3n) is 4.25. The number of anilines is 1. The quantitative estimate of drug-likeness (QED) is 0.689. The summed E-state index contributed by atoms with van der Waals surface area (Å²) in [5.74, 6) is 1.08. The van der Waals surface area contributed by atoms with Crippen molar-refractivity contribution in [2.24, 2.45) is 0 Å². The third-order valence-corrected chi connectivity index (χ3v) is 5.14. The van der Waals surface area contributed by atoms with E-state index >= 15 is 0 Å². The van der Waals surface area contributed by atoms with Crippen LogP contribution in [0.15, 0.2) is 54.0 Å². The van der Waals surface area contributed by atoms with Gasteiger partial charge in [0.2, 0.25) is 0 Å². The van der Waals surface area contributed by atoms with Gasteiger partial charge in [0.15, 0.2) is 0 Å². The molecule has 0 aliphatic carbocycles. The number of hydrogen-bond donors (Lipinski definition) is 0. The smallest absolute Gasteiger partial charge is 0.129 e. The van der Waals surface area contributed by atoms with Crippen LogP contribution in [0.5, 0.6) is 0 Å². The Bertz CT molecular complexity index is 776. The van der Waals surface area contributed by atoms with Gasteiger partial charge in [-0.1, -0.05) is 30.3 Å². The van der Waals surface area contributed by atoms with Gasteiger partial charge >= 0.3 is 0 Å². The Balaban J connectivity index is 1.62. The van der Waals surface area contributed by atoms with E-state index in [1.54, 1.807) is 11.3 Å². The second-order valence-electron chi connectivity index (χ2n) is 5.85. The molecule has 0 atom stereocenters. The minimum atomic E-state index is 1.04. The highest BCUT2D eigenvalue weighted by atomic mass is 32.1. The molecule has 3 nitrogen and oxygen atoms in total. The molecule has 23 heavy (non-hydrogen) atoms. The first-order chi connectivity index (χ1) is 11.4. The number of hydrogen-bond acceptors (Lipinski definition) is 4. The first kappa shape index (κ1) is 14.4. The molecule has 1 aliphatic heterocycles. The summed E-state index contributed by atoms with van der Waals surface area (Å²) in [6, 6.07) is 14.6. The maximum absolute atomic E-state index is 4.81. The van der Waals surface area contributed by atoms with E-state index < -0.39 is 0 Å². The van der Waals surface area contributed by atoms with Crippen molar-refractivity contribution in [2.45, 2.75) is 19.3 Å². The Labute approximate surface area is 140 Å². The fourth-order valence-corrected chi connectivity index (χ4v) is 3.82. The molecule has 1 aromatic carbocycles. The zero-order valence-electron chi connectivity index (χ0n) is 13.0. The number of benzene rings is 1. The van der Waals surface area contributed by atoms with Gasteiger partial charge in [-0.25, -0.2) is 9.97 Å². The molecule has 0 spiro atoms. The fraction of sp³-hybridized carbons (Fsp3) is 0.263. The summed E-state index contributed by atoms with van der Waals surface area (Å²) in [5.41, 5.74) is 3.37. The first-order valence-electron chi connectivity index (χ1n) is 8.12. The van der Waals surface area contributed by atoms with E-state index in [1.165, 1.54) is 24.8 Å². The van der Waals surface area contributed by atoms with E-state index in [0.29, 0.717) is 0 Å². The molecular weight excluding hydrogens is 302 g/mol. The molecule has 0 bridgehead atoms. The number of piperidine rings is 1. The van der Waals surface area contributed by atoms with Crippen LogP contribution in [-0.2, 0) is 0 Å². The summed E-state index contributed by atoms with van der Waals surface area (Å²) in [7, 11) is 0. The lowest BCUT2D eigenvalue weighted by Crippen LogP contribution is -2.30. The van der Waals surface area contributed by atoms with Crippen molar-refractivity contribution in [3.05, 3.63) is 54.0 Å². The highest BCUT2D eigenvalue weighted by Gasteiger charge is 2.14. The molecular formula is C19H19N3S. The summed E-state index contributed by atoms with van der Waals surface area (Å²) in [5, 5.41) is 3.19. The molecule has 3 heterocycles. The maximum Gasteiger partial charge on any atom is 0.129 e. The average molecular weight is 321 g/mol. The van der Waals surface area contributed by atoms with Crippen LogP contribution in [0.4, 0.5) is 5.82 Å². The van der Waals surface area contributed by atoms with Gasteiger partial charge in [-0.2, -0.15) is 0 Å². The minimum absolute atomic E-state index is 1.04. The van der Waals surface area contributed by atoms with Gasteiger partial charge in [-0.15, -0.1) is 11.3 Å². The molecule has 4 rings (SSSR count). The van der Waals surface area contributed by atoms with E-state index in [9.17, 15) is 0 Å². The van der Waals surface area contributed by atoms with Crippen LogP contribution in [-0.4, -0.2) is 23.1 Å². The van der Waals surface area contributed by atoms with Crippen LogP contribution in [0.3, 0.4) is 0 Å². The van der Waals surface area contributed by atoms with Crippen molar-refractivity contribution in [1.29, 1.82) is 0 Å². The molecule has 0 saturated carbocycles. The minimum Gasteiger partial charge on any atom is -0.357 e. The van der Waals surface area contributed by atoms with Crippen LogP contribution in [0.1, 0.15) is 19.3 Å². The van der Waals surface area contributed by atoms with Gasteiger partial charge in [0, 0.05) is 35.8 Å². The van der Waals surface area contributed by atoms with Crippen LogP contribution >= 0.6 is 11.3 Å². The van der Waals surface area contributed by atoms with Gasteiger partial charge < -0.3 is 4.90 Å². The summed E-state index contributed by atoms with van der Waals surface area (Å²) in [4.78, 5) is 11.8. The highest BCUT2D eigenvalue weighted by molar-refractivity contribution is 7.13. The Hall–Kier alpha value is -2.20. The summed E-state index contributed by atoms with van der Waals surface area (Å²) >= 11 is 1.70. The van der Waals surface area contributed by atoms with Crippen molar-refractivity contribution in [3.63, 3.8) is 0 Å². The fourth-order valence-electron chi connectivity index (χ4n) is 3.00. The maximum atomic E-state index is 4.81. The normalized spacial score (nSPS) is 14.9. The zero-order chi connectivity index (χ0) is 15.5. The van der Waals surface area contributed by atoms with Gasteiger partial charge in [-0.05, 0) is 31.4 Å². The van der Waals surface area contributed by atoms with Crippen LogP contribution in [0, 0.1) is 0 Å². The van der Waals surface area contributed by atoms with Gasteiger partial charge in [0.1, 0.15) is 10.8 Å². The Kier molecular flexibility index (Phi) is 4.07. The van der Waals surface area contributed by atoms with Crippen molar-refractivity contribution >= 4 is 17.2 Å². The van der Waals surface area contributed by atoms with E-state index in [-0.39, 0.29) is 0 Å². The summed E-state index contributed by atoms with van der Waals surface area (Å²) in [6.45, 7) is 2.23. The van der Waals surface area contributed by atoms with Crippen molar-refractivity contribution in [2.75, 3.05) is 18.0 Å². The molecule has 1 fully saturated rings. The predicted octanol–water partition coefficient (Wildman–Crippen LogP) is 4.86. The number of aromatic nitrogens is 2. The van der Waals surface area contributed by atoms with Crippen molar-refractivity contribution < 1.29 is 0 Å². The topological polar surface area (TPSA) is 29.0 Å². The first-order valence-corrected chi connectivity index (χ1v) is 9.00. The number of nitrogens with zero attached hydrogens (tertiary/aromatic N) is 3. The van der Waals surface area contributed by atoms with Crippen LogP contribution in [0.25, 0.3) is 21.8 Å². The molecule has 0 amide bonds. The molecule has 0 N–H and O–H groups in total. The molecule has 116 valence electrons. The molecule has 0 radical (unpaired) electrons. The van der Waals surface area contributed by atoms with Crippen molar-refractivity contribution in [1.82, 2.24) is 9.97 Å². The summed E-state index contributed by atoms with van der Waals surface area (Å²) in [6.07, 6.45) is 5.77. The lowest BCUT2D eigenvalue weighted by molar-refractivity contribution is 0.573. The zero-order valence-corrected chi connectivity index (χ0v) is 13.8. The van der Waals surface area contributed by atoms with Gasteiger partial charge in [0.05, 0.1) is 5.69 Å². The molecule has 2 aromatic heterocycles. The van der Waals surface area contributed by atoms with Gasteiger partial charge in [0.25, 0.3) is 0 Å².